The summed E-state index contributed by atoms with van der Waals surface area (Å²) in [5, 5.41) is 7.75. The fourth-order valence-electron chi connectivity index (χ4n) is 9.49. The largest absolute Gasteiger partial charge is 0.310 e. The lowest BCUT2D eigenvalue weighted by molar-refractivity contribution is 0.809. The first-order valence-corrected chi connectivity index (χ1v) is 17.9. The number of nitrogens with zero attached hydrogens (tertiary/aromatic N) is 1. The molecule has 9 aromatic carbocycles. The van der Waals surface area contributed by atoms with E-state index in [9.17, 15) is 0 Å². The van der Waals surface area contributed by atoms with Crippen LogP contribution < -0.4 is 4.90 Å². The molecule has 0 atom stereocenters. The number of para-hydroxylation sites is 1. The molecule has 0 radical (unpaired) electrons. The average molecular weight is 648 g/mol. The second-order valence-electron chi connectivity index (χ2n) is 14.1. The fraction of sp³-hybridized carbons (Fsp3) is 0.0400. The van der Waals surface area contributed by atoms with Gasteiger partial charge in [-0.2, -0.15) is 0 Å². The average Bonchev–Trinajstić information content (AvgIpc) is 3.67. The third-order valence-electron chi connectivity index (χ3n) is 11.5. The second kappa shape index (κ2) is 10.5. The smallest absolute Gasteiger partial charge is 0.0737 e. The lowest BCUT2D eigenvalue weighted by atomic mass is 9.68. The van der Waals surface area contributed by atoms with E-state index in [1.807, 2.05) is 0 Å². The highest BCUT2D eigenvalue weighted by molar-refractivity contribution is 6.22. The van der Waals surface area contributed by atoms with E-state index in [1.165, 1.54) is 82.4 Å². The van der Waals surface area contributed by atoms with Gasteiger partial charge in [0.2, 0.25) is 0 Å². The zero-order valence-electron chi connectivity index (χ0n) is 28.3. The van der Waals surface area contributed by atoms with E-state index < -0.39 is 5.41 Å². The van der Waals surface area contributed by atoms with E-state index >= 15 is 0 Å². The maximum absolute atomic E-state index is 2.44. The first kappa shape index (κ1) is 28.4. The molecular formula is C50H33N. The summed E-state index contributed by atoms with van der Waals surface area (Å²) >= 11 is 0. The summed E-state index contributed by atoms with van der Waals surface area (Å²) in [5.74, 6) is 0. The monoisotopic (exact) mass is 647 g/mol. The van der Waals surface area contributed by atoms with Crippen LogP contribution in [0.4, 0.5) is 17.1 Å². The number of anilines is 3. The summed E-state index contributed by atoms with van der Waals surface area (Å²) in [6, 6.07) is 67.9. The molecular weight excluding hydrogens is 615 g/mol. The Kier molecular flexibility index (Phi) is 5.86. The third kappa shape index (κ3) is 3.75. The van der Waals surface area contributed by atoms with Gasteiger partial charge in [0.25, 0.3) is 0 Å². The normalized spacial score (nSPS) is 13.4. The predicted octanol–water partition coefficient (Wildman–Crippen LogP) is 13.3. The number of rotatable bonds is 3. The van der Waals surface area contributed by atoms with Gasteiger partial charge in [-0.15, -0.1) is 0 Å². The molecule has 0 saturated carbocycles. The van der Waals surface area contributed by atoms with Gasteiger partial charge in [0, 0.05) is 17.1 Å². The van der Waals surface area contributed by atoms with E-state index in [1.54, 1.807) is 0 Å². The number of aryl methyl sites for hydroxylation is 1. The van der Waals surface area contributed by atoms with Crippen molar-refractivity contribution in [3.05, 3.63) is 210 Å². The van der Waals surface area contributed by atoms with Crippen LogP contribution in [-0.4, -0.2) is 0 Å². The number of fused-ring (bicyclic) bond motifs is 17. The van der Waals surface area contributed by atoms with Crippen molar-refractivity contribution < 1.29 is 0 Å². The Morgan fingerprint density at radius 1 is 0.373 bits per heavy atom. The molecule has 1 nitrogen and oxygen atoms in total. The summed E-state index contributed by atoms with van der Waals surface area (Å²) in [6.45, 7) is 2.15. The minimum atomic E-state index is -0.474. The van der Waals surface area contributed by atoms with E-state index in [2.05, 4.69) is 194 Å². The van der Waals surface area contributed by atoms with Gasteiger partial charge in [-0.1, -0.05) is 151 Å². The summed E-state index contributed by atoms with van der Waals surface area (Å²) < 4.78 is 0. The highest BCUT2D eigenvalue weighted by Gasteiger charge is 2.53. The number of hydrogen-bond donors (Lipinski definition) is 0. The minimum absolute atomic E-state index is 0.474. The molecule has 0 aliphatic heterocycles. The Morgan fingerprint density at radius 3 is 1.71 bits per heavy atom. The number of benzene rings is 9. The van der Waals surface area contributed by atoms with Crippen molar-refractivity contribution in [2.45, 2.75) is 12.3 Å². The van der Waals surface area contributed by atoms with Crippen LogP contribution in [-0.2, 0) is 5.41 Å². The Balaban J connectivity index is 1.31. The van der Waals surface area contributed by atoms with Gasteiger partial charge in [0.05, 0.1) is 5.41 Å². The van der Waals surface area contributed by atoms with Crippen LogP contribution in [0.1, 0.15) is 27.8 Å². The van der Waals surface area contributed by atoms with Gasteiger partial charge in [0.15, 0.2) is 0 Å². The predicted molar refractivity (Wildman–Crippen MR) is 215 cm³/mol. The topological polar surface area (TPSA) is 3.24 Å². The van der Waals surface area contributed by atoms with Crippen LogP contribution in [0.5, 0.6) is 0 Å². The first-order chi connectivity index (χ1) is 25.2. The minimum Gasteiger partial charge on any atom is -0.310 e. The molecule has 51 heavy (non-hydrogen) atoms. The van der Waals surface area contributed by atoms with Gasteiger partial charge in [-0.05, 0) is 120 Å². The Bertz CT molecular complexity index is 2820. The Labute approximate surface area is 297 Å². The van der Waals surface area contributed by atoms with Gasteiger partial charge >= 0.3 is 0 Å². The SMILES string of the molecule is Cc1ccc(N(c2ccccc2)c2ccc3c4c(c5ccccc5c3c2)-c2ccc3ccccc3c2C42c3ccccc3-c3ccccc32)cc1. The van der Waals surface area contributed by atoms with E-state index in [0.717, 1.165) is 17.1 Å². The quantitative estimate of drug-likeness (QED) is 0.173. The van der Waals surface area contributed by atoms with Crippen LogP contribution in [0, 0.1) is 6.92 Å². The van der Waals surface area contributed by atoms with Gasteiger partial charge < -0.3 is 4.90 Å². The molecule has 11 rings (SSSR count). The Hall–Kier alpha value is -6.44. The summed E-state index contributed by atoms with van der Waals surface area (Å²) in [7, 11) is 0. The lowest BCUT2D eigenvalue weighted by Gasteiger charge is -2.33. The van der Waals surface area contributed by atoms with Crippen molar-refractivity contribution in [2.24, 2.45) is 0 Å². The zero-order chi connectivity index (χ0) is 33.7. The van der Waals surface area contributed by atoms with Crippen molar-refractivity contribution in [1.29, 1.82) is 0 Å². The van der Waals surface area contributed by atoms with Gasteiger partial charge in [-0.3, -0.25) is 0 Å². The summed E-state index contributed by atoms with van der Waals surface area (Å²) in [4.78, 5) is 2.39. The molecule has 0 saturated heterocycles. The van der Waals surface area contributed by atoms with Crippen molar-refractivity contribution in [3.8, 4) is 22.3 Å². The van der Waals surface area contributed by atoms with Crippen LogP contribution in [0.15, 0.2) is 182 Å². The standard InChI is InChI=1S/C50H33N/c1-32-23-26-35(27-24-32)51(34-14-3-2-4-15-34)36-28-30-42-44(31-36)38-17-7-8-20-41(38)47-43-29-25-33-13-5-6-16-37(33)48(43)50(49(42)47)45-21-11-9-18-39(45)40-19-10-12-22-46(40)50/h2-31H,1H3. The Morgan fingerprint density at radius 2 is 0.961 bits per heavy atom. The van der Waals surface area contributed by atoms with Crippen molar-refractivity contribution >= 4 is 49.4 Å². The molecule has 9 aromatic rings. The van der Waals surface area contributed by atoms with E-state index in [-0.39, 0.29) is 0 Å². The molecule has 1 spiro atoms. The molecule has 2 aliphatic carbocycles. The lowest BCUT2D eigenvalue weighted by Crippen LogP contribution is -2.26. The molecule has 0 aromatic heterocycles. The highest BCUT2D eigenvalue weighted by atomic mass is 15.1. The molecule has 1 heteroatoms. The molecule has 238 valence electrons. The van der Waals surface area contributed by atoms with Gasteiger partial charge in [-0.25, -0.2) is 0 Å². The van der Waals surface area contributed by atoms with Crippen LogP contribution in [0.3, 0.4) is 0 Å². The highest BCUT2D eigenvalue weighted by Crippen LogP contribution is 2.66. The van der Waals surface area contributed by atoms with Crippen LogP contribution in [0.25, 0.3) is 54.6 Å². The first-order valence-electron chi connectivity index (χ1n) is 17.9. The van der Waals surface area contributed by atoms with E-state index in [0.29, 0.717) is 0 Å². The number of hydrogen-bond acceptors (Lipinski definition) is 1. The van der Waals surface area contributed by atoms with Crippen molar-refractivity contribution in [1.82, 2.24) is 0 Å². The summed E-state index contributed by atoms with van der Waals surface area (Å²) in [5.41, 5.74) is 15.1. The van der Waals surface area contributed by atoms with Crippen LogP contribution in [0.2, 0.25) is 0 Å². The second-order valence-corrected chi connectivity index (χ2v) is 14.1. The molecule has 2 aliphatic rings. The van der Waals surface area contributed by atoms with Gasteiger partial charge in [0.1, 0.15) is 0 Å². The third-order valence-corrected chi connectivity index (χ3v) is 11.5. The summed E-state index contributed by atoms with van der Waals surface area (Å²) in [6.07, 6.45) is 0. The zero-order valence-corrected chi connectivity index (χ0v) is 28.3. The molecule has 0 fully saturated rings. The van der Waals surface area contributed by atoms with E-state index in [4.69, 9.17) is 0 Å². The molecule has 0 N–H and O–H groups in total. The maximum atomic E-state index is 2.44. The van der Waals surface area contributed by atoms with Crippen molar-refractivity contribution in [3.63, 3.8) is 0 Å². The maximum Gasteiger partial charge on any atom is 0.0737 e. The van der Waals surface area contributed by atoms with Crippen LogP contribution >= 0.6 is 0 Å². The fourth-order valence-corrected chi connectivity index (χ4v) is 9.49. The molecule has 0 unspecified atom stereocenters. The molecule has 0 heterocycles. The van der Waals surface area contributed by atoms with Crippen molar-refractivity contribution in [2.75, 3.05) is 4.90 Å². The molecule has 0 amide bonds. The molecule has 0 bridgehead atoms.